The topological polar surface area (TPSA) is 75.3 Å². The van der Waals surface area contributed by atoms with E-state index in [1.54, 1.807) is 12.1 Å². The van der Waals surface area contributed by atoms with Crippen LogP contribution in [0.3, 0.4) is 0 Å². The van der Waals surface area contributed by atoms with Gasteiger partial charge in [-0.2, -0.15) is 17.9 Å². The summed E-state index contributed by atoms with van der Waals surface area (Å²) in [6, 6.07) is 8.53. The van der Waals surface area contributed by atoms with Crippen LogP contribution in [0.2, 0.25) is 0 Å². The lowest BCUT2D eigenvalue weighted by Gasteiger charge is -2.15. The maximum absolute atomic E-state index is 12.5. The van der Waals surface area contributed by atoms with Crippen LogP contribution >= 0.6 is 15.9 Å². The van der Waals surface area contributed by atoms with Gasteiger partial charge in [0, 0.05) is 10.2 Å². The maximum Gasteiger partial charge on any atom is 0.416 e. The van der Waals surface area contributed by atoms with Gasteiger partial charge in [-0.15, -0.1) is 0 Å². The number of rotatable bonds is 5. The predicted octanol–water partition coefficient (Wildman–Crippen LogP) is 3.77. The molecule has 5 nitrogen and oxygen atoms in total. The van der Waals surface area contributed by atoms with Gasteiger partial charge in [0.25, 0.3) is 0 Å². The van der Waals surface area contributed by atoms with E-state index in [1.165, 1.54) is 19.1 Å². The van der Waals surface area contributed by atoms with Crippen molar-refractivity contribution in [2.24, 2.45) is 0 Å². The molecular weight excluding hydrogens is 437 g/mol. The molecule has 2 aromatic carbocycles. The number of sulfonamides is 1. The molecule has 0 spiro atoms. The second-order valence-electron chi connectivity index (χ2n) is 5.36. The third-order valence-corrected chi connectivity index (χ3v) is 5.41. The van der Waals surface area contributed by atoms with Gasteiger partial charge in [-0.25, -0.2) is 8.42 Å². The fraction of sp³-hybridized carbons (Fsp3) is 0.188. The van der Waals surface area contributed by atoms with Gasteiger partial charge in [0.2, 0.25) is 15.9 Å². The molecular formula is C16H14BrF3N2O3S. The minimum absolute atomic E-state index is 0.0186. The van der Waals surface area contributed by atoms with Crippen LogP contribution in [-0.4, -0.2) is 20.4 Å². The van der Waals surface area contributed by atoms with Crippen molar-refractivity contribution in [2.75, 3.05) is 5.32 Å². The van der Waals surface area contributed by atoms with Crippen molar-refractivity contribution >= 4 is 37.5 Å². The molecule has 2 aromatic rings. The summed E-state index contributed by atoms with van der Waals surface area (Å²) in [5.41, 5.74) is -0.725. The van der Waals surface area contributed by atoms with Crippen LogP contribution in [0.25, 0.3) is 0 Å². The number of anilines is 1. The summed E-state index contributed by atoms with van der Waals surface area (Å²) in [5, 5.41) is 2.36. The van der Waals surface area contributed by atoms with Crippen LogP contribution in [-0.2, 0) is 21.0 Å². The Kier molecular flexibility index (Phi) is 6.09. The zero-order valence-electron chi connectivity index (χ0n) is 13.3. The van der Waals surface area contributed by atoms with Crippen LogP contribution in [0, 0.1) is 0 Å². The fourth-order valence-corrected chi connectivity index (χ4v) is 3.43. The van der Waals surface area contributed by atoms with E-state index < -0.39 is 33.7 Å². The first kappa shape index (κ1) is 20.4. The van der Waals surface area contributed by atoms with Gasteiger partial charge in [0.05, 0.1) is 16.5 Å². The van der Waals surface area contributed by atoms with E-state index in [0.29, 0.717) is 4.47 Å². The van der Waals surface area contributed by atoms with E-state index in [1.807, 2.05) is 0 Å². The molecule has 0 aliphatic heterocycles. The Morgan fingerprint density at radius 3 is 2.08 bits per heavy atom. The van der Waals surface area contributed by atoms with E-state index in [0.717, 1.165) is 24.3 Å². The number of nitrogens with one attached hydrogen (secondary N) is 2. The molecule has 0 bridgehead atoms. The minimum atomic E-state index is -4.48. The molecule has 1 atom stereocenters. The molecule has 140 valence electrons. The molecule has 0 heterocycles. The van der Waals surface area contributed by atoms with E-state index >= 15 is 0 Å². The summed E-state index contributed by atoms with van der Waals surface area (Å²) in [4.78, 5) is 12.1. The molecule has 2 N–H and O–H groups in total. The molecule has 0 saturated carbocycles. The van der Waals surface area contributed by atoms with Crippen molar-refractivity contribution in [1.82, 2.24) is 4.72 Å². The van der Waals surface area contributed by atoms with E-state index in [2.05, 4.69) is 26.0 Å². The van der Waals surface area contributed by atoms with Crippen molar-refractivity contribution in [1.29, 1.82) is 0 Å². The minimum Gasteiger partial charge on any atom is -0.325 e. The number of hydrogen-bond acceptors (Lipinski definition) is 3. The smallest absolute Gasteiger partial charge is 0.325 e. The maximum atomic E-state index is 12.5. The second-order valence-corrected chi connectivity index (χ2v) is 7.99. The highest BCUT2D eigenvalue weighted by molar-refractivity contribution is 9.10. The lowest BCUT2D eigenvalue weighted by Crippen LogP contribution is -2.41. The standard InChI is InChI=1S/C16H14BrF3N2O3S/c1-10(22-26(24,25)14-8-4-12(17)5-9-14)15(23)21-13-6-2-11(3-7-13)16(18,19)20/h2-10,22H,1H3,(H,21,23)/t10-/m0/s1. The Bertz CT molecular complexity index is 882. The summed E-state index contributed by atoms with van der Waals surface area (Å²) in [7, 11) is -3.92. The largest absolute Gasteiger partial charge is 0.416 e. The fourth-order valence-electron chi connectivity index (χ4n) is 1.96. The monoisotopic (exact) mass is 450 g/mol. The molecule has 10 heteroatoms. The van der Waals surface area contributed by atoms with E-state index in [9.17, 15) is 26.4 Å². The quantitative estimate of drug-likeness (QED) is 0.727. The molecule has 0 aliphatic carbocycles. The molecule has 0 radical (unpaired) electrons. The lowest BCUT2D eigenvalue weighted by atomic mass is 10.2. The number of halogens is 4. The Hall–Kier alpha value is -1.91. The Morgan fingerprint density at radius 2 is 1.58 bits per heavy atom. The Labute approximate surface area is 156 Å². The highest BCUT2D eigenvalue weighted by atomic mass is 79.9. The number of carbonyl (C=O) groups excluding carboxylic acids is 1. The first-order chi connectivity index (χ1) is 12.0. The number of benzene rings is 2. The summed E-state index contributed by atoms with van der Waals surface area (Å²) >= 11 is 3.19. The highest BCUT2D eigenvalue weighted by Crippen LogP contribution is 2.29. The zero-order chi connectivity index (χ0) is 19.5. The van der Waals surface area contributed by atoms with Gasteiger partial charge in [0.1, 0.15) is 0 Å². The van der Waals surface area contributed by atoms with Crippen molar-refractivity contribution in [3.05, 3.63) is 58.6 Å². The van der Waals surface area contributed by atoms with Gasteiger partial charge < -0.3 is 5.32 Å². The lowest BCUT2D eigenvalue weighted by molar-refractivity contribution is -0.137. The SMILES string of the molecule is C[C@H](NS(=O)(=O)c1ccc(Br)cc1)C(=O)Nc1ccc(C(F)(F)F)cc1. The van der Waals surface area contributed by atoms with Crippen molar-refractivity contribution in [3.63, 3.8) is 0 Å². The molecule has 2 rings (SSSR count). The number of alkyl halides is 3. The van der Waals surface area contributed by atoms with Crippen molar-refractivity contribution < 1.29 is 26.4 Å². The average molecular weight is 451 g/mol. The van der Waals surface area contributed by atoms with Crippen molar-refractivity contribution in [3.8, 4) is 0 Å². The van der Waals surface area contributed by atoms with Gasteiger partial charge in [-0.05, 0) is 55.5 Å². The molecule has 26 heavy (non-hydrogen) atoms. The normalized spacial score (nSPS) is 13.3. The second kappa shape index (κ2) is 7.77. The van der Waals surface area contributed by atoms with Crippen LogP contribution in [0.5, 0.6) is 0 Å². The first-order valence-electron chi connectivity index (χ1n) is 7.25. The van der Waals surface area contributed by atoms with E-state index in [-0.39, 0.29) is 10.6 Å². The molecule has 1 amide bonds. The third-order valence-electron chi connectivity index (χ3n) is 3.33. The van der Waals surface area contributed by atoms with Crippen LogP contribution in [0.4, 0.5) is 18.9 Å². The highest BCUT2D eigenvalue weighted by Gasteiger charge is 2.30. The Morgan fingerprint density at radius 1 is 1.04 bits per heavy atom. The molecule has 0 fully saturated rings. The Balaban J connectivity index is 2.04. The van der Waals surface area contributed by atoms with Gasteiger partial charge in [-0.3, -0.25) is 4.79 Å². The summed E-state index contributed by atoms with van der Waals surface area (Å²) < 4.78 is 64.9. The molecule has 0 saturated heterocycles. The van der Waals surface area contributed by atoms with Gasteiger partial charge in [-0.1, -0.05) is 15.9 Å². The summed E-state index contributed by atoms with van der Waals surface area (Å²) in [6.45, 7) is 1.33. The van der Waals surface area contributed by atoms with Crippen LogP contribution in [0.1, 0.15) is 12.5 Å². The van der Waals surface area contributed by atoms with Gasteiger partial charge in [0.15, 0.2) is 0 Å². The van der Waals surface area contributed by atoms with Crippen molar-refractivity contribution in [2.45, 2.75) is 24.0 Å². The van der Waals surface area contributed by atoms with Crippen LogP contribution in [0.15, 0.2) is 57.9 Å². The number of hydrogen-bond donors (Lipinski definition) is 2. The molecule has 0 unspecified atom stereocenters. The molecule has 0 aliphatic rings. The first-order valence-corrected chi connectivity index (χ1v) is 9.53. The average Bonchev–Trinajstić information content (AvgIpc) is 2.54. The third kappa shape index (κ3) is 5.29. The number of amides is 1. The summed E-state index contributed by atoms with van der Waals surface area (Å²) in [5.74, 6) is -0.703. The summed E-state index contributed by atoms with van der Waals surface area (Å²) in [6.07, 6.45) is -4.48. The van der Waals surface area contributed by atoms with Gasteiger partial charge >= 0.3 is 6.18 Å². The zero-order valence-corrected chi connectivity index (χ0v) is 15.7. The van der Waals surface area contributed by atoms with Crippen LogP contribution < -0.4 is 10.0 Å². The number of carbonyl (C=O) groups is 1. The predicted molar refractivity (Wildman–Crippen MR) is 94.0 cm³/mol. The molecule has 0 aromatic heterocycles. The van der Waals surface area contributed by atoms with E-state index in [4.69, 9.17) is 0 Å².